The van der Waals surface area contributed by atoms with Crippen LogP contribution in [-0.4, -0.2) is 47.3 Å². The molecular formula is C59H98N2O4. The summed E-state index contributed by atoms with van der Waals surface area (Å²) in [6, 6.07) is 3.49. The third kappa shape index (κ3) is 14.5. The van der Waals surface area contributed by atoms with Crippen molar-refractivity contribution in [1.82, 2.24) is 10.6 Å². The first kappa shape index (κ1) is 55.2. The molecule has 0 amide bonds. The highest BCUT2D eigenvalue weighted by Crippen LogP contribution is 2.66. The number of allylic oxidation sites excluding steroid dienone is 8. The second-order valence-electron chi connectivity index (χ2n) is 23.3. The quantitative estimate of drug-likeness (QED) is 0.126. The van der Waals surface area contributed by atoms with Gasteiger partial charge in [-0.3, -0.25) is 19.2 Å². The highest BCUT2D eigenvalue weighted by atomic mass is 16.2. The first-order chi connectivity index (χ1) is 30.9. The van der Waals surface area contributed by atoms with Crippen LogP contribution in [0.2, 0.25) is 0 Å². The van der Waals surface area contributed by atoms with E-state index in [4.69, 9.17) is 0 Å². The zero-order valence-corrected chi connectivity index (χ0v) is 43.9. The maximum atomic E-state index is 15.0. The first-order valence-corrected chi connectivity index (χ1v) is 27.1. The van der Waals surface area contributed by atoms with Crippen LogP contribution in [0.5, 0.6) is 0 Å². The summed E-state index contributed by atoms with van der Waals surface area (Å²) in [6.07, 6.45) is 40.0. The van der Waals surface area contributed by atoms with Gasteiger partial charge in [0.15, 0.2) is 28.5 Å². The molecule has 6 aliphatic carbocycles. The van der Waals surface area contributed by atoms with Crippen LogP contribution >= 0.6 is 0 Å². The zero-order chi connectivity index (χ0) is 47.8. The molecule has 65 heavy (non-hydrogen) atoms. The minimum absolute atomic E-state index is 0.166. The minimum Gasteiger partial charge on any atom is -0.311 e. The first-order valence-electron chi connectivity index (χ1n) is 27.1. The van der Waals surface area contributed by atoms with Crippen LogP contribution in [-0.2, 0) is 19.2 Å². The minimum atomic E-state index is -1.83. The topological polar surface area (TPSA) is 92.3 Å². The van der Waals surface area contributed by atoms with Gasteiger partial charge in [-0.2, -0.15) is 0 Å². The van der Waals surface area contributed by atoms with E-state index >= 15 is 0 Å². The molecule has 0 saturated heterocycles. The van der Waals surface area contributed by atoms with Gasteiger partial charge in [0, 0.05) is 30.1 Å². The van der Waals surface area contributed by atoms with Gasteiger partial charge in [-0.1, -0.05) is 144 Å². The van der Waals surface area contributed by atoms with Gasteiger partial charge in [0.05, 0.1) is 11.3 Å². The molecule has 0 aliphatic heterocycles. The average Bonchev–Trinajstić information content (AvgIpc) is 3.27. The lowest BCUT2D eigenvalue weighted by atomic mass is 9.36. The van der Waals surface area contributed by atoms with Gasteiger partial charge < -0.3 is 10.6 Å². The molecule has 2 N–H and O–H groups in total. The summed E-state index contributed by atoms with van der Waals surface area (Å²) in [5.41, 5.74) is 0.221. The molecule has 5 atom stereocenters. The van der Waals surface area contributed by atoms with Gasteiger partial charge in [-0.05, 0) is 157 Å². The SMILES string of the molecule is C1CCC(NC2CCCCC2)CC1.C1CCC(NC2CCCCC2)CC1.CC(C)=CCC[C@]1(C)[C@@H](CC=C(C)C)C[C@]2(CC=C(C)C)C(=O)C(CC=C(C)C)C(=O)[C@@]1(C(=O)C(C)C)C2=O. The fraction of sp³-hybridized carbons (Fsp3) is 0.797. The molecule has 0 spiro atoms. The monoisotopic (exact) mass is 899 g/mol. The van der Waals surface area contributed by atoms with Crippen LogP contribution in [0.3, 0.4) is 0 Å². The van der Waals surface area contributed by atoms with E-state index in [2.05, 4.69) is 22.8 Å². The number of ketones is 4. The van der Waals surface area contributed by atoms with Gasteiger partial charge in [-0.15, -0.1) is 0 Å². The van der Waals surface area contributed by atoms with Crippen LogP contribution in [0.1, 0.15) is 243 Å². The van der Waals surface area contributed by atoms with E-state index in [1.807, 2.05) is 74.5 Å². The standard InChI is InChI=1S/C35H52O4.2C12H23N/c1-22(2)13-12-19-33(11)27(16-14-23(3)4)21-34(20-18-25(7)8)30(37)28(17-15-24(5)6)31(38)35(33,32(34)39)29(36)26(9)10;2*1-3-7-11(8-4-1)13-12-9-5-2-6-10-12/h13-15,18,26-28H,12,16-17,19-21H2,1-11H3;2*11-13H,1-10H2/t27-,28?,33+,34+,35-;;/m0../s1. The fourth-order valence-corrected chi connectivity index (χ4v) is 12.7. The van der Waals surface area contributed by atoms with E-state index < -0.39 is 39.6 Å². The number of carbonyl (C=O) groups is 4. The predicted molar refractivity (Wildman–Crippen MR) is 274 cm³/mol. The maximum Gasteiger partial charge on any atom is 0.168 e. The summed E-state index contributed by atoms with van der Waals surface area (Å²) in [5, 5.41) is 7.72. The van der Waals surface area contributed by atoms with Gasteiger partial charge >= 0.3 is 0 Å². The summed E-state index contributed by atoms with van der Waals surface area (Å²) in [6.45, 7) is 21.5. The summed E-state index contributed by atoms with van der Waals surface area (Å²) in [4.78, 5) is 58.7. The van der Waals surface area contributed by atoms with E-state index in [9.17, 15) is 19.2 Å². The molecule has 0 aromatic carbocycles. The van der Waals surface area contributed by atoms with Gasteiger partial charge in [0.25, 0.3) is 0 Å². The number of carbonyl (C=O) groups excluding carboxylic acids is 4. The lowest BCUT2D eigenvalue weighted by Crippen LogP contribution is -2.75. The largest absolute Gasteiger partial charge is 0.311 e. The van der Waals surface area contributed by atoms with E-state index in [1.165, 1.54) is 128 Å². The fourth-order valence-electron chi connectivity index (χ4n) is 12.7. The van der Waals surface area contributed by atoms with Crippen LogP contribution in [0.4, 0.5) is 0 Å². The van der Waals surface area contributed by atoms with Crippen LogP contribution in [0, 0.1) is 34.0 Å². The van der Waals surface area contributed by atoms with E-state index in [-0.39, 0.29) is 30.3 Å². The summed E-state index contributed by atoms with van der Waals surface area (Å²) in [7, 11) is 0. The van der Waals surface area contributed by atoms with E-state index in [0.29, 0.717) is 25.7 Å². The van der Waals surface area contributed by atoms with Crippen LogP contribution < -0.4 is 10.6 Å². The number of Topliss-reactive ketones (excluding diaryl/α,β-unsaturated/α-hetero) is 4. The number of rotatable bonds is 15. The molecule has 0 aromatic rings. The Labute approximate surface area is 399 Å². The number of fused-ring (bicyclic) bond motifs is 2. The van der Waals surface area contributed by atoms with Gasteiger partial charge in [-0.25, -0.2) is 0 Å². The van der Waals surface area contributed by atoms with Crippen molar-refractivity contribution in [3.63, 3.8) is 0 Å². The Morgan fingerprint density at radius 3 is 1.31 bits per heavy atom. The molecule has 6 rings (SSSR count). The Morgan fingerprint density at radius 2 is 0.938 bits per heavy atom. The Morgan fingerprint density at radius 1 is 0.554 bits per heavy atom. The van der Waals surface area contributed by atoms with Gasteiger partial charge in [0.1, 0.15) is 0 Å². The van der Waals surface area contributed by atoms with Crippen molar-refractivity contribution in [2.24, 2.45) is 34.0 Å². The summed E-state index contributed by atoms with van der Waals surface area (Å²) >= 11 is 0. The molecular weight excluding hydrogens is 801 g/mol. The molecule has 6 nitrogen and oxygen atoms in total. The Kier molecular flexibility index (Phi) is 22.4. The van der Waals surface area contributed by atoms with Crippen molar-refractivity contribution in [1.29, 1.82) is 0 Å². The Balaban J connectivity index is 0.000000282. The molecule has 0 aromatic heterocycles. The lowest BCUT2D eigenvalue weighted by Gasteiger charge is -2.62. The highest BCUT2D eigenvalue weighted by molar-refractivity contribution is 6.38. The number of nitrogens with one attached hydrogen (secondary N) is 2. The average molecular weight is 899 g/mol. The molecule has 0 heterocycles. The highest BCUT2D eigenvalue weighted by Gasteiger charge is 2.78. The van der Waals surface area contributed by atoms with E-state index in [0.717, 1.165) is 46.5 Å². The van der Waals surface area contributed by atoms with Crippen LogP contribution in [0.15, 0.2) is 46.6 Å². The third-order valence-electron chi connectivity index (χ3n) is 16.5. The zero-order valence-electron chi connectivity index (χ0n) is 43.9. The summed E-state index contributed by atoms with van der Waals surface area (Å²) in [5.74, 6) is -3.14. The molecule has 2 bridgehead atoms. The molecule has 0 radical (unpaired) electrons. The normalized spacial score (nSPS) is 29.1. The third-order valence-corrected chi connectivity index (χ3v) is 16.5. The number of hydrogen-bond donors (Lipinski definition) is 2. The smallest absolute Gasteiger partial charge is 0.168 e. The van der Waals surface area contributed by atoms with Crippen molar-refractivity contribution in [3.05, 3.63) is 46.6 Å². The molecule has 6 fully saturated rings. The molecule has 6 saturated carbocycles. The van der Waals surface area contributed by atoms with Crippen molar-refractivity contribution in [2.45, 2.75) is 267 Å². The molecule has 6 aliphatic rings. The lowest BCUT2D eigenvalue weighted by molar-refractivity contribution is -0.190. The van der Waals surface area contributed by atoms with E-state index in [1.54, 1.807) is 13.8 Å². The Hall–Kier alpha value is -2.44. The molecule has 368 valence electrons. The van der Waals surface area contributed by atoms with Crippen molar-refractivity contribution >= 4 is 23.1 Å². The number of hydrogen-bond acceptors (Lipinski definition) is 6. The van der Waals surface area contributed by atoms with Crippen molar-refractivity contribution in [3.8, 4) is 0 Å². The van der Waals surface area contributed by atoms with Crippen molar-refractivity contribution in [2.75, 3.05) is 0 Å². The second kappa shape index (κ2) is 26.4. The van der Waals surface area contributed by atoms with Gasteiger partial charge in [0.2, 0.25) is 0 Å². The summed E-state index contributed by atoms with van der Waals surface area (Å²) < 4.78 is 0. The second-order valence-corrected chi connectivity index (χ2v) is 23.3. The molecule has 6 heteroatoms. The molecule has 1 unspecified atom stereocenters. The predicted octanol–water partition coefficient (Wildman–Crippen LogP) is 14.8. The Bertz CT molecular complexity index is 1590. The maximum absolute atomic E-state index is 15.0. The van der Waals surface area contributed by atoms with Crippen molar-refractivity contribution < 1.29 is 19.2 Å². The van der Waals surface area contributed by atoms with Crippen LogP contribution in [0.25, 0.3) is 0 Å².